The summed E-state index contributed by atoms with van der Waals surface area (Å²) in [6, 6.07) is 15.3. The first-order valence-electron chi connectivity index (χ1n) is 11.2. The molecule has 5 rings (SSSR count). The zero-order chi connectivity index (χ0) is 20.5. The van der Waals surface area contributed by atoms with E-state index in [1.165, 1.54) is 28.6 Å². The maximum Gasteiger partial charge on any atom is 0.223 e. The lowest BCUT2D eigenvalue weighted by Crippen LogP contribution is -2.27. The second-order valence-corrected chi connectivity index (χ2v) is 8.93. The van der Waals surface area contributed by atoms with Crippen LogP contribution in [-0.2, 0) is 17.6 Å². The van der Waals surface area contributed by atoms with Crippen LogP contribution < -0.4 is 5.32 Å². The third-order valence-electron chi connectivity index (χ3n) is 6.51. The molecule has 2 fully saturated rings. The van der Waals surface area contributed by atoms with Crippen molar-refractivity contribution >= 4 is 16.9 Å². The van der Waals surface area contributed by atoms with Crippen LogP contribution in [0.15, 0.2) is 52.9 Å². The number of carbonyl (C=O) groups excluding carboxylic acids is 1. The Morgan fingerprint density at radius 3 is 2.67 bits per heavy atom. The molecule has 2 aromatic carbocycles. The van der Waals surface area contributed by atoms with E-state index in [4.69, 9.17) is 4.42 Å². The van der Waals surface area contributed by atoms with Gasteiger partial charge in [0.25, 0.3) is 0 Å². The zero-order valence-corrected chi connectivity index (χ0v) is 17.2. The van der Waals surface area contributed by atoms with E-state index in [0.717, 1.165) is 62.8 Å². The normalized spacial score (nSPS) is 20.4. The molecule has 1 amide bonds. The van der Waals surface area contributed by atoms with Crippen molar-refractivity contribution in [2.24, 2.45) is 11.8 Å². The number of nitrogens with one attached hydrogen (secondary N) is 1. The molecule has 0 spiro atoms. The molecule has 0 radical (unpaired) electrons. The number of fused-ring (bicyclic) bond motifs is 1. The summed E-state index contributed by atoms with van der Waals surface area (Å²) in [6.45, 7) is 0.796. The molecule has 0 bridgehead atoms. The number of carbonyl (C=O) groups is 1. The first-order valence-corrected chi connectivity index (χ1v) is 11.2. The fourth-order valence-corrected chi connectivity index (χ4v) is 4.44. The van der Waals surface area contributed by atoms with Gasteiger partial charge in [0.05, 0.1) is 0 Å². The van der Waals surface area contributed by atoms with E-state index in [1.54, 1.807) is 0 Å². The molecule has 30 heavy (non-hydrogen) atoms. The Morgan fingerprint density at radius 2 is 1.87 bits per heavy atom. The van der Waals surface area contributed by atoms with Crippen molar-refractivity contribution in [2.45, 2.75) is 50.9 Å². The maximum absolute atomic E-state index is 13.0. The van der Waals surface area contributed by atoms with Gasteiger partial charge in [-0.1, -0.05) is 24.3 Å². The van der Waals surface area contributed by atoms with Crippen molar-refractivity contribution in [1.82, 2.24) is 5.32 Å². The fourth-order valence-electron chi connectivity index (χ4n) is 4.44. The van der Waals surface area contributed by atoms with Gasteiger partial charge in [-0.15, -0.1) is 0 Å². The predicted molar refractivity (Wildman–Crippen MR) is 116 cm³/mol. The van der Waals surface area contributed by atoms with Crippen LogP contribution in [0.3, 0.4) is 0 Å². The van der Waals surface area contributed by atoms with Gasteiger partial charge in [0, 0.05) is 24.3 Å². The second kappa shape index (κ2) is 8.25. The number of unbranched alkanes of at least 4 members (excludes halogenated alkanes) is 1. The van der Waals surface area contributed by atoms with Crippen LogP contribution in [0.2, 0.25) is 0 Å². The minimum Gasteiger partial charge on any atom is -0.461 e. The molecule has 3 aromatic rings. The third kappa shape index (κ3) is 4.43. The highest BCUT2D eigenvalue weighted by molar-refractivity contribution is 5.83. The van der Waals surface area contributed by atoms with Crippen LogP contribution in [0.4, 0.5) is 4.39 Å². The molecule has 4 heteroatoms. The smallest absolute Gasteiger partial charge is 0.223 e. The summed E-state index contributed by atoms with van der Waals surface area (Å²) >= 11 is 0. The summed E-state index contributed by atoms with van der Waals surface area (Å²) in [5.74, 6) is 2.45. The van der Waals surface area contributed by atoms with E-state index < -0.39 is 0 Å². The SMILES string of the molecule is O=C(NC[C@@H]1C[C@H]1c1cccc2oc(CCCCc3ccc(F)cc3)cc12)C1CC1. The predicted octanol–water partition coefficient (Wildman–Crippen LogP) is 5.77. The molecule has 0 aliphatic heterocycles. The lowest BCUT2D eigenvalue weighted by Gasteiger charge is -2.04. The van der Waals surface area contributed by atoms with E-state index >= 15 is 0 Å². The van der Waals surface area contributed by atoms with Crippen molar-refractivity contribution in [2.75, 3.05) is 6.54 Å². The van der Waals surface area contributed by atoms with Crippen LogP contribution in [-0.4, -0.2) is 12.5 Å². The van der Waals surface area contributed by atoms with Crippen molar-refractivity contribution in [3.8, 4) is 0 Å². The van der Waals surface area contributed by atoms with Crippen LogP contribution in [0, 0.1) is 17.7 Å². The number of amides is 1. The van der Waals surface area contributed by atoms with Crippen LogP contribution in [0.5, 0.6) is 0 Å². The van der Waals surface area contributed by atoms with Crippen molar-refractivity contribution in [3.05, 3.63) is 71.2 Å². The summed E-state index contributed by atoms with van der Waals surface area (Å²) < 4.78 is 19.1. The van der Waals surface area contributed by atoms with Gasteiger partial charge >= 0.3 is 0 Å². The number of benzene rings is 2. The summed E-state index contributed by atoms with van der Waals surface area (Å²) in [7, 11) is 0. The molecule has 1 N–H and O–H groups in total. The van der Waals surface area contributed by atoms with E-state index in [-0.39, 0.29) is 17.6 Å². The van der Waals surface area contributed by atoms with E-state index in [1.807, 2.05) is 18.2 Å². The molecule has 2 atom stereocenters. The summed E-state index contributed by atoms with van der Waals surface area (Å²) in [6.07, 6.45) is 7.24. The van der Waals surface area contributed by atoms with Gasteiger partial charge in [-0.25, -0.2) is 4.39 Å². The summed E-state index contributed by atoms with van der Waals surface area (Å²) in [5, 5.41) is 4.36. The van der Waals surface area contributed by atoms with Gasteiger partial charge in [-0.3, -0.25) is 4.79 Å². The monoisotopic (exact) mass is 405 g/mol. The number of halogens is 1. The van der Waals surface area contributed by atoms with Crippen LogP contribution in [0.1, 0.15) is 54.9 Å². The Balaban J connectivity index is 1.16. The van der Waals surface area contributed by atoms with E-state index in [2.05, 4.69) is 23.5 Å². The fraction of sp³-hybridized carbons (Fsp3) is 0.423. The van der Waals surface area contributed by atoms with Gasteiger partial charge in [0.1, 0.15) is 17.2 Å². The highest BCUT2D eigenvalue weighted by Gasteiger charge is 2.40. The van der Waals surface area contributed by atoms with Crippen LogP contribution >= 0.6 is 0 Å². The molecule has 0 saturated heterocycles. The van der Waals surface area contributed by atoms with Crippen LogP contribution in [0.25, 0.3) is 11.0 Å². The third-order valence-corrected chi connectivity index (χ3v) is 6.51. The highest BCUT2D eigenvalue weighted by Crippen LogP contribution is 2.49. The van der Waals surface area contributed by atoms with E-state index in [9.17, 15) is 9.18 Å². The number of rotatable bonds is 9. The zero-order valence-electron chi connectivity index (χ0n) is 17.2. The van der Waals surface area contributed by atoms with Gasteiger partial charge in [-0.2, -0.15) is 0 Å². The van der Waals surface area contributed by atoms with Gasteiger partial charge in [0.15, 0.2) is 0 Å². The Hall–Kier alpha value is -2.62. The topological polar surface area (TPSA) is 42.2 Å². The largest absolute Gasteiger partial charge is 0.461 e. The lowest BCUT2D eigenvalue weighted by molar-refractivity contribution is -0.122. The Labute approximate surface area is 176 Å². The quantitative estimate of drug-likeness (QED) is 0.460. The molecule has 1 heterocycles. The molecule has 2 aliphatic rings. The number of hydrogen-bond donors (Lipinski definition) is 1. The van der Waals surface area contributed by atoms with Crippen molar-refractivity contribution in [1.29, 1.82) is 0 Å². The minimum atomic E-state index is -0.181. The highest BCUT2D eigenvalue weighted by atomic mass is 19.1. The summed E-state index contributed by atoms with van der Waals surface area (Å²) in [4.78, 5) is 11.9. The molecular formula is C26H28FNO2. The molecule has 2 saturated carbocycles. The number of aryl methyl sites for hydroxylation is 2. The van der Waals surface area contributed by atoms with E-state index in [0.29, 0.717) is 11.8 Å². The number of hydrogen-bond acceptors (Lipinski definition) is 2. The first-order chi connectivity index (χ1) is 14.7. The van der Waals surface area contributed by atoms with Crippen molar-refractivity contribution < 1.29 is 13.6 Å². The van der Waals surface area contributed by atoms with Gasteiger partial charge < -0.3 is 9.73 Å². The second-order valence-electron chi connectivity index (χ2n) is 8.93. The van der Waals surface area contributed by atoms with Gasteiger partial charge in [-0.05, 0) is 85.8 Å². The van der Waals surface area contributed by atoms with Gasteiger partial charge in [0.2, 0.25) is 5.91 Å². The molecular weight excluding hydrogens is 377 g/mol. The average molecular weight is 406 g/mol. The minimum absolute atomic E-state index is 0.181. The molecule has 156 valence electrons. The Bertz CT molecular complexity index is 1030. The molecule has 1 aromatic heterocycles. The Kier molecular flexibility index (Phi) is 5.32. The first kappa shape index (κ1) is 19.3. The lowest BCUT2D eigenvalue weighted by atomic mass is 10.0. The molecule has 3 nitrogen and oxygen atoms in total. The molecule has 2 aliphatic carbocycles. The molecule has 0 unspecified atom stereocenters. The standard InChI is InChI=1S/C26H28FNO2/c27-20-12-8-17(9-13-20)4-1-2-5-21-15-24-22(6-3-7-25(24)30-21)23-14-19(23)16-28-26(29)18-10-11-18/h3,6-9,12-13,15,18-19,23H,1-2,4-5,10-11,14,16H2,(H,28,29)/t19-,23+/m0/s1. The summed E-state index contributed by atoms with van der Waals surface area (Å²) in [5.41, 5.74) is 3.50. The maximum atomic E-state index is 13.0. The average Bonchev–Trinajstić information content (AvgIpc) is 3.67. The number of furan rings is 1. The van der Waals surface area contributed by atoms with Crippen molar-refractivity contribution in [3.63, 3.8) is 0 Å². The Morgan fingerprint density at radius 1 is 1.07 bits per heavy atom.